The molecule has 106 valence electrons. The lowest BCUT2D eigenvalue weighted by Crippen LogP contribution is -2.47. The molecule has 0 aromatic carbocycles. The van der Waals surface area contributed by atoms with Crippen molar-refractivity contribution in [2.75, 3.05) is 25.6 Å². The van der Waals surface area contributed by atoms with Crippen LogP contribution in [0, 0.1) is 0 Å². The molecule has 1 amide bonds. The molecule has 0 saturated carbocycles. The molecule has 0 N–H and O–H groups in total. The molecule has 0 atom stereocenters. The van der Waals surface area contributed by atoms with E-state index in [4.69, 9.17) is 16.3 Å². The summed E-state index contributed by atoms with van der Waals surface area (Å²) in [4.78, 5) is 12.7. The van der Waals surface area contributed by atoms with Crippen LogP contribution in [-0.2, 0) is 9.53 Å². The summed E-state index contributed by atoms with van der Waals surface area (Å²) in [5, 5.41) is 0. The summed E-state index contributed by atoms with van der Waals surface area (Å²) in [5.74, 6) is -0.195. The number of nitrogens with zero attached hydrogens (tertiary/aromatic N) is 1. The second-order valence-corrected chi connectivity index (χ2v) is 4.65. The number of hydrogen-bond acceptors (Lipinski definition) is 2. The lowest BCUT2D eigenvalue weighted by Gasteiger charge is -2.34. The van der Waals surface area contributed by atoms with E-state index in [2.05, 4.69) is 0 Å². The fourth-order valence-corrected chi connectivity index (χ4v) is 2.11. The van der Waals surface area contributed by atoms with Crippen molar-refractivity contribution < 1.29 is 22.7 Å². The number of ether oxygens (including phenoxy) is 1. The molecule has 1 fully saturated rings. The molecule has 0 aliphatic carbocycles. The Balaban J connectivity index is 2.63. The van der Waals surface area contributed by atoms with Gasteiger partial charge in [0.25, 0.3) is 0 Å². The number of carbonyl (C=O) groups excluding carboxylic acids is 1. The largest absolute Gasteiger partial charge is 0.406 e. The molecule has 0 bridgehead atoms. The van der Waals surface area contributed by atoms with Gasteiger partial charge in [-0.05, 0) is 19.3 Å². The standard InChI is InChI=1S/C11H17ClF3NO2/c12-5-1-2-10(17)16(8-11(13,14)15)9-3-6-18-7-4-9/h9H,1-8H2. The topological polar surface area (TPSA) is 29.5 Å². The van der Waals surface area contributed by atoms with E-state index in [1.165, 1.54) is 0 Å². The Kier molecular flexibility index (Phi) is 6.21. The third-order valence-electron chi connectivity index (χ3n) is 2.83. The summed E-state index contributed by atoms with van der Waals surface area (Å²) in [7, 11) is 0. The molecule has 0 unspecified atom stereocenters. The highest BCUT2D eigenvalue weighted by Gasteiger charge is 2.36. The predicted molar refractivity (Wildman–Crippen MR) is 61.6 cm³/mol. The molecule has 18 heavy (non-hydrogen) atoms. The van der Waals surface area contributed by atoms with Gasteiger partial charge in [-0.1, -0.05) is 0 Å². The van der Waals surface area contributed by atoms with E-state index < -0.39 is 18.6 Å². The van der Waals surface area contributed by atoms with Gasteiger partial charge in [0, 0.05) is 31.6 Å². The van der Waals surface area contributed by atoms with Crippen molar-refractivity contribution in [3.05, 3.63) is 0 Å². The third-order valence-corrected chi connectivity index (χ3v) is 3.09. The average molecular weight is 288 g/mol. The summed E-state index contributed by atoms with van der Waals surface area (Å²) < 4.78 is 42.6. The summed E-state index contributed by atoms with van der Waals surface area (Å²) in [6.45, 7) is -0.373. The van der Waals surface area contributed by atoms with Crippen LogP contribution in [0.4, 0.5) is 13.2 Å². The first-order valence-corrected chi connectivity index (χ1v) is 6.47. The molecule has 1 rings (SSSR count). The van der Waals surface area contributed by atoms with Crippen molar-refractivity contribution in [2.45, 2.75) is 37.9 Å². The molecule has 0 spiro atoms. The van der Waals surface area contributed by atoms with E-state index in [9.17, 15) is 18.0 Å². The molecule has 1 saturated heterocycles. The van der Waals surface area contributed by atoms with Crippen LogP contribution >= 0.6 is 11.6 Å². The number of rotatable bonds is 5. The highest BCUT2D eigenvalue weighted by molar-refractivity contribution is 6.17. The quantitative estimate of drug-likeness (QED) is 0.728. The Hall–Kier alpha value is -0.490. The maximum Gasteiger partial charge on any atom is 0.406 e. The number of amides is 1. The number of alkyl halides is 4. The van der Waals surface area contributed by atoms with Crippen LogP contribution < -0.4 is 0 Å². The van der Waals surface area contributed by atoms with Gasteiger partial charge in [-0.25, -0.2) is 0 Å². The van der Waals surface area contributed by atoms with Crippen LogP contribution in [0.3, 0.4) is 0 Å². The van der Waals surface area contributed by atoms with E-state index >= 15 is 0 Å². The van der Waals surface area contributed by atoms with Crippen molar-refractivity contribution >= 4 is 17.5 Å². The van der Waals surface area contributed by atoms with Crippen molar-refractivity contribution in [1.29, 1.82) is 0 Å². The van der Waals surface area contributed by atoms with Gasteiger partial charge in [-0.3, -0.25) is 4.79 Å². The molecule has 3 nitrogen and oxygen atoms in total. The van der Waals surface area contributed by atoms with Crippen molar-refractivity contribution in [2.24, 2.45) is 0 Å². The Morgan fingerprint density at radius 2 is 1.94 bits per heavy atom. The maximum absolute atomic E-state index is 12.5. The van der Waals surface area contributed by atoms with Gasteiger partial charge < -0.3 is 9.64 Å². The number of hydrogen-bond donors (Lipinski definition) is 0. The summed E-state index contributed by atoms with van der Waals surface area (Å²) in [5.41, 5.74) is 0. The van der Waals surface area contributed by atoms with E-state index in [0.717, 1.165) is 4.90 Å². The minimum Gasteiger partial charge on any atom is -0.381 e. The van der Waals surface area contributed by atoms with Crippen LogP contribution in [0.15, 0.2) is 0 Å². The van der Waals surface area contributed by atoms with Crippen LogP contribution in [0.25, 0.3) is 0 Å². The summed E-state index contributed by atoms with van der Waals surface area (Å²) in [6.07, 6.45) is -2.98. The van der Waals surface area contributed by atoms with E-state index in [1.54, 1.807) is 0 Å². The van der Waals surface area contributed by atoms with Gasteiger partial charge in [-0.2, -0.15) is 13.2 Å². The molecule has 1 heterocycles. The average Bonchev–Trinajstić information content (AvgIpc) is 2.33. The first kappa shape index (κ1) is 15.6. The van der Waals surface area contributed by atoms with E-state index in [-0.39, 0.29) is 18.3 Å². The zero-order valence-corrected chi connectivity index (χ0v) is 10.8. The van der Waals surface area contributed by atoms with Crippen LogP contribution in [0.5, 0.6) is 0 Å². The minimum absolute atomic E-state index is 0.0664. The lowest BCUT2D eigenvalue weighted by molar-refractivity contribution is -0.168. The SMILES string of the molecule is O=C(CCCCl)N(CC(F)(F)F)C1CCOCC1. The Morgan fingerprint density at radius 1 is 1.33 bits per heavy atom. The van der Waals surface area contributed by atoms with Crippen molar-refractivity contribution in [1.82, 2.24) is 4.90 Å². The molecule has 7 heteroatoms. The fraction of sp³-hybridized carbons (Fsp3) is 0.909. The van der Waals surface area contributed by atoms with Gasteiger partial charge in [-0.15, -0.1) is 11.6 Å². The normalized spacial score (nSPS) is 17.8. The molecule has 1 aliphatic heterocycles. The maximum atomic E-state index is 12.5. The Bertz CT molecular complexity index is 268. The van der Waals surface area contributed by atoms with Gasteiger partial charge in [0.15, 0.2) is 0 Å². The third kappa shape index (κ3) is 5.44. The minimum atomic E-state index is -4.37. The highest BCUT2D eigenvalue weighted by Crippen LogP contribution is 2.23. The predicted octanol–water partition coefficient (Wildman–Crippen LogP) is 2.58. The molecule has 0 aromatic rings. The van der Waals surface area contributed by atoms with E-state index in [0.29, 0.717) is 32.5 Å². The first-order chi connectivity index (χ1) is 8.44. The molecular formula is C11H17ClF3NO2. The van der Waals surface area contributed by atoms with Crippen LogP contribution in [-0.4, -0.2) is 48.7 Å². The highest BCUT2D eigenvalue weighted by atomic mass is 35.5. The second-order valence-electron chi connectivity index (χ2n) is 4.27. The zero-order valence-electron chi connectivity index (χ0n) is 10.0. The zero-order chi connectivity index (χ0) is 13.6. The Labute approximate surface area is 109 Å². The second kappa shape index (κ2) is 7.19. The van der Waals surface area contributed by atoms with Crippen molar-refractivity contribution in [3.63, 3.8) is 0 Å². The van der Waals surface area contributed by atoms with Crippen LogP contribution in [0.2, 0.25) is 0 Å². The Morgan fingerprint density at radius 3 is 2.44 bits per heavy atom. The smallest absolute Gasteiger partial charge is 0.381 e. The number of carbonyl (C=O) groups is 1. The monoisotopic (exact) mass is 287 g/mol. The van der Waals surface area contributed by atoms with Crippen LogP contribution in [0.1, 0.15) is 25.7 Å². The first-order valence-electron chi connectivity index (χ1n) is 5.94. The summed E-state index contributed by atoms with van der Waals surface area (Å²) >= 11 is 5.46. The van der Waals surface area contributed by atoms with Gasteiger partial charge in [0.05, 0.1) is 0 Å². The molecule has 0 aromatic heterocycles. The van der Waals surface area contributed by atoms with Gasteiger partial charge >= 0.3 is 6.18 Å². The van der Waals surface area contributed by atoms with Crippen molar-refractivity contribution in [3.8, 4) is 0 Å². The molecular weight excluding hydrogens is 271 g/mol. The van der Waals surface area contributed by atoms with Gasteiger partial charge in [0.1, 0.15) is 6.54 Å². The molecule has 0 radical (unpaired) electrons. The number of halogens is 4. The summed E-state index contributed by atoms with van der Waals surface area (Å²) in [6, 6.07) is -0.372. The molecule has 1 aliphatic rings. The van der Waals surface area contributed by atoms with E-state index in [1.807, 2.05) is 0 Å². The van der Waals surface area contributed by atoms with Gasteiger partial charge in [0.2, 0.25) is 5.91 Å². The fourth-order valence-electron chi connectivity index (χ4n) is 1.97. The lowest BCUT2D eigenvalue weighted by atomic mass is 10.1.